The number of halogens is 3. The molecule has 0 bridgehead atoms. The van der Waals surface area contributed by atoms with Crippen LogP contribution in [0.1, 0.15) is 29.0 Å². The number of carbonyl (C=O) groups excluding carboxylic acids is 1. The molecule has 1 amide bonds. The molecule has 210 valence electrons. The minimum Gasteiger partial charge on any atom is -0.493 e. The molecule has 0 saturated carbocycles. The van der Waals surface area contributed by atoms with E-state index in [1.54, 1.807) is 19.1 Å². The van der Waals surface area contributed by atoms with Crippen LogP contribution in [0.2, 0.25) is 0 Å². The standard InChI is InChI=1S/C30H30F3N3O4/c1-38-25-13-11-22(19-26(25)39-2)15-17-36(28(37)14-12-21-7-4-3-5-8-21)18-16-27-34-29(35-40-27)23-9-6-10-24(20-23)30(31,32)33/h3-11,13,19-20H,12,14-18H2,1-2H3. The van der Waals surface area contributed by atoms with Gasteiger partial charge in [0.1, 0.15) is 0 Å². The maximum atomic E-state index is 13.2. The molecule has 1 heterocycles. The number of aryl methyl sites for hydroxylation is 1. The zero-order valence-corrected chi connectivity index (χ0v) is 22.3. The predicted octanol–water partition coefficient (Wildman–Crippen LogP) is 6.02. The molecule has 3 aromatic carbocycles. The fourth-order valence-electron chi connectivity index (χ4n) is 4.25. The van der Waals surface area contributed by atoms with Crippen LogP contribution in [0.4, 0.5) is 13.2 Å². The van der Waals surface area contributed by atoms with Gasteiger partial charge in [0, 0.05) is 31.5 Å². The van der Waals surface area contributed by atoms with Gasteiger partial charge in [0.2, 0.25) is 17.6 Å². The molecule has 0 N–H and O–H groups in total. The molecule has 1 aromatic heterocycles. The van der Waals surface area contributed by atoms with Crippen LogP contribution in [0.15, 0.2) is 77.3 Å². The topological polar surface area (TPSA) is 77.7 Å². The number of methoxy groups -OCH3 is 2. The van der Waals surface area contributed by atoms with Crippen LogP contribution in [0.25, 0.3) is 11.4 Å². The first-order chi connectivity index (χ1) is 19.3. The average Bonchev–Trinajstić information content (AvgIpc) is 3.45. The second-order valence-electron chi connectivity index (χ2n) is 9.15. The van der Waals surface area contributed by atoms with Gasteiger partial charge in [-0.3, -0.25) is 4.79 Å². The second kappa shape index (κ2) is 13.1. The van der Waals surface area contributed by atoms with E-state index in [9.17, 15) is 18.0 Å². The van der Waals surface area contributed by atoms with E-state index < -0.39 is 11.7 Å². The van der Waals surface area contributed by atoms with Crippen molar-refractivity contribution in [3.8, 4) is 22.9 Å². The maximum absolute atomic E-state index is 13.2. The van der Waals surface area contributed by atoms with Crippen LogP contribution in [0, 0.1) is 0 Å². The molecule has 0 aliphatic carbocycles. The quantitative estimate of drug-likeness (QED) is 0.214. The van der Waals surface area contributed by atoms with Gasteiger partial charge < -0.3 is 18.9 Å². The Hall–Kier alpha value is -4.34. The third-order valence-electron chi connectivity index (χ3n) is 6.45. The van der Waals surface area contributed by atoms with E-state index in [2.05, 4.69) is 10.1 Å². The molecule has 0 atom stereocenters. The van der Waals surface area contributed by atoms with Crippen molar-refractivity contribution in [2.75, 3.05) is 27.3 Å². The summed E-state index contributed by atoms with van der Waals surface area (Å²) in [7, 11) is 3.14. The molecular formula is C30H30F3N3O4. The molecule has 0 saturated heterocycles. The minimum atomic E-state index is -4.48. The van der Waals surface area contributed by atoms with E-state index in [0.717, 1.165) is 23.3 Å². The smallest absolute Gasteiger partial charge is 0.416 e. The third-order valence-corrected chi connectivity index (χ3v) is 6.45. The van der Waals surface area contributed by atoms with Gasteiger partial charge in [-0.15, -0.1) is 0 Å². The lowest BCUT2D eigenvalue weighted by molar-refractivity contribution is -0.137. The Balaban J connectivity index is 1.45. The second-order valence-corrected chi connectivity index (χ2v) is 9.15. The van der Waals surface area contributed by atoms with Gasteiger partial charge in [-0.2, -0.15) is 18.2 Å². The number of carbonyl (C=O) groups is 1. The van der Waals surface area contributed by atoms with E-state index in [1.165, 1.54) is 12.1 Å². The summed E-state index contributed by atoms with van der Waals surface area (Å²) in [4.78, 5) is 19.3. The lowest BCUT2D eigenvalue weighted by atomic mass is 10.1. The van der Waals surface area contributed by atoms with Crippen molar-refractivity contribution in [2.24, 2.45) is 0 Å². The summed E-state index contributed by atoms with van der Waals surface area (Å²) in [5.74, 6) is 1.50. The molecule has 0 aliphatic rings. The van der Waals surface area contributed by atoms with E-state index >= 15 is 0 Å². The van der Waals surface area contributed by atoms with Gasteiger partial charge in [0.25, 0.3) is 0 Å². The number of benzene rings is 3. The molecule has 4 aromatic rings. The van der Waals surface area contributed by atoms with Crippen LogP contribution in [-0.2, 0) is 30.2 Å². The third kappa shape index (κ3) is 7.62. The fraction of sp³-hybridized carbons (Fsp3) is 0.300. The predicted molar refractivity (Wildman–Crippen MR) is 143 cm³/mol. The van der Waals surface area contributed by atoms with Crippen molar-refractivity contribution in [3.05, 3.63) is 95.4 Å². The number of ether oxygens (including phenoxy) is 2. The van der Waals surface area contributed by atoms with Crippen molar-refractivity contribution < 1.29 is 32.0 Å². The number of hydrogen-bond donors (Lipinski definition) is 0. The van der Waals surface area contributed by atoms with Gasteiger partial charge in [0.05, 0.1) is 19.8 Å². The van der Waals surface area contributed by atoms with Gasteiger partial charge in [0.15, 0.2) is 11.5 Å². The van der Waals surface area contributed by atoms with Crippen LogP contribution in [-0.4, -0.2) is 48.3 Å². The summed E-state index contributed by atoms with van der Waals surface area (Å²) in [5, 5.41) is 3.85. The van der Waals surface area contributed by atoms with E-state index in [1.807, 2.05) is 48.5 Å². The van der Waals surface area contributed by atoms with Gasteiger partial charge in [-0.1, -0.05) is 53.7 Å². The molecule has 0 radical (unpaired) electrons. The summed E-state index contributed by atoms with van der Waals surface area (Å²) in [6.07, 6.45) is -2.70. The van der Waals surface area contributed by atoms with E-state index in [4.69, 9.17) is 14.0 Å². The van der Waals surface area contributed by atoms with Gasteiger partial charge >= 0.3 is 6.18 Å². The van der Waals surface area contributed by atoms with Gasteiger partial charge in [-0.25, -0.2) is 0 Å². The Kier molecular flexibility index (Phi) is 9.42. The summed E-state index contributed by atoms with van der Waals surface area (Å²) >= 11 is 0. The number of aromatic nitrogens is 2. The molecule has 10 heteroatoms. The molecule has 0 aliphatic heterocycles. The Bertz CT molecular complexity index is 1410. The highest BCUT2D eigenvalue weighted by molar-refractivity contribution is 5.76. The summed E-state index contributed by atoms with van der Waals surface area (Å²) in [6, 6.07) is 20.2. The molecule has 7 nitrogen and oxygen atoms in total. The average molecular weight is 554 g/mol. The zero-order chi connectivity index (χ0) is 28.5. The minimum absolute atomic E-state index is 0.0260. The van der Waals surface area contributed by atoms with Crippen molar-refractivity contribution in [1.29, 1.82) is 0 Å². The maximum Gasteiger partial charge on any atom is 0.416 e. The van der Waals surface area contributed by atoms with E-state index in [-0.39, 0.29) is 29.6 Å². The molecule has 0 spiro atoms. The lowest BCUT2D eigenvalue weighted by Gasteiger charge is -2.22. The Labute approximate surface area is 230 Å². The first-order valence-electron chi connectivity index (χ1n) is 12.8. The number of nitrogens with zero attached hydrogens (tertiary/aromatic N) is 3. The van der Waals surface area contributed by atoms with Crippen LogP contribution in [0.5, 0.6) is 11.5 Å². The van der Waals surface area contributed by atoms with Crippen molar-refractivity contribution in [1.82, 2.24) is 15.0 Å². The monoisotopic (exact) mass is 553 g/mol. The highest BCUT2D eigenvalue weighted by atomic mass is 19.4. The van der Waals surface area contributed by atoms with Crippen LogP contribution >= 0.6 is 0 Å². The Morgan fingerprint density at radius 3 is 2.33 bits per heavy atom. The lowest BCUT2D eigenvalue weighted by Crippen LogP contribution is -2.35. The highest BCUT2D eigenvalue weighted by Gasteiger charge is 2.30. The SMILES string of the molecule is COc1ccc(CCN(CCc2nc(-c3cccc(C(F)(F)F)c3)no2)C(=O)CCc2ccccc2)cc1OC. The van der Waals surface area contributed by atoms with Crippen molar-refractivity contribution in [2.45, 2.75) is 31.9 Å². The number of rotatable bonds is 12. The fourth-order valence-corrected chi connectivity index (χ4v) is 4.25. The Morgan fingerprint density at radius 2 is 1.60 bits per heavy atom. The van der Waals surface area contributed by atoms with Crippen molar-refractivity contribution >= 4 is 5.91 Å². The normalized spacial score (nSPS) is 11.3. The zero-order valence-electron chi connectivity index (χ0n) is 22.3. The molecule has 0 fully saturated rings. The van der Waals surface area contributed by atoms with Crippen LogP contribution in [0.3, 0.4) is 0 Å². The summed E-state index contributed by atoms with van der Waals surface area (Å²) in [6.45, 7) is 0.753. The van der Waals surface area contributed by atoms with E-state index in [0.29, 0.717) is 43.9 Å². The molecular weight excluding hydrogens is 523 g/mol. The molecule has 0 unspecified atom stereocenters. The summed E-state index contributed by atoms with van der Waals surface area (Å²) in [5.41, 5.74) is 1.46. The molecule has 4 rings (SSSR count). The van der Waals surface area contributed by atoms with Gasteiger partial charge in [-0.05, 0) is 48.2 Å². The largest absolute Gasteiger partial charge is 0.493 e. The summed E-state index contributed by atoms with van der Waals surface area (Å²) < 4.78 is 55.3. The first kappa shape index (κ1) is 28.7. The van der Waals surface area contributed by atoms with Crippen molar-refractivity contribution in [3.63, 3.8) is 0 Å². The number of amides is 1. The number of alkyl halides is 3. The number of hydrogen-bond acceptors (Lipinski definition) is 6. The highest BCUT2D eigenvalue weighted by Crippen LogP contribution is 2.31. The van der Waals surface area contributed by atoms with Crippen LogP contribution < -0.4 is 9.47 Å². The Morgan fingerprint density at radius 1 is 0.850 bits per heavy atom. The molecule has 40 heavy (non-hydrogen) atoms. The first-order valence-corrected chi connectivity index (χ1v) is 12.8.